The third-order valence-corrected chi connectivity index (χ3v) is 3.91. The zero-order valence-corrected chi connectivity index (χ0v) is 11.8. The summed E-state index contributed by atoms with van der Waals surface area (Å²) in [4.78, 5) is 2.39. The lowest BCUT2D eigenvalue weighted by molar-refractivity contribution is 0.138. The SMILES string of the molecule is CC1CN(Cc2ccc(Br)c(F)c2)C(C)CN1. The second-order valence-electron chi connectivity index (χ2n) is 4.84. The van der Waals surface area contributed by atoms with E-state index in [0.717, 1.165) is 25.2 Å². The van der Waals surface area contributed by atoms with Crippen molar-refractivity contribution in [3.63, 3.8) is 0 Å². The number of hydrogen-bond acceptors (Lipinski definition) is 2. The molecule has 0 aromatic heterocycles. The molecule has 0 saturated carbocycles. The molecule has 0 spiro atoms. The van der Waals surface area contributed by atoms with E-state index in [9.17, 15) is 4.39 Å². The highest BCUT2D eigenvalue weighted by Crippen LogP contribution is 2.19. The van der Waals surface area contributed by atoms with Crippen LogP contribution >= 0.6 is 15.9 Å². The van der Waals surface area contributed by atoms with E-state index in [4.69, 9.17) is 0 Å². The van der Waals surface area contributed by atoms with E-state index < -0.39 is 0 Å². The van der Waals surface area contributed by atoms with Crippen LogP contribution in [0.1, 0.15) is 19.4 Å². The van der Waals surface area contributed by atoms with Crippen LogP contribution in [0.3, 0.4) is 0 Å². The number of benzene rings is 1. The Bertz CT molecular complexity index is 397. The first-order chi connectivity index (χ1) is 8.06. The summed E-state index contributed by atoms with van der Waals surface area (Å²) in [6.07, 6.45) is 0. The van der Waals surface area contributed by atoms with Crippen molar-refractivity contribution in [1.82, 2.24) is 10.2 Å². The molecule has 1 aromatic rings. The maximum atomic E-state index is 13.4. The van der Waals surface area contributed by atoms with Gasteiger partial charge in [-0.1, -0.05) is 6.07 Å². The largest absolute Gasteiger partial charge is 0.311 e. The monoisotopic (exact) mass is 300 g/mol. The summed E-state index contributed by atoms with van der Waals surface area (Å²) < 4.78 is 14.0. The third kappa shape index (κ3) is 3.27. The summed E-state index contributed by atoms with van der Waals surface area (Å²) in [6, 6.07) is 6.38. The second-order valence-corrected chi connectivity index (χ2v) is 5.69. The number of hydrogen-bond donors (Lipinski definition) is 1. The molecule has 0 aliphatic carbocycles. The molecule has 1 fully saturated rings. The van der Waals surface area contributed by atoms with E-state index in [2.05, 4.69) is 40.0 Å². The minimum Gasteiger partial charge on any atom is -0.311 e. The first-order valence-electron chi connectivity index (χ1n) is 5.97. The molecular formula is C13H18BrFN2. The van der Waals surface area contributed by atoms with Gasteiger partial charge in [-0.2, -0.15) is 0 Å². The van der Waals surface area contributed by atoms with Crippen LogP contribution < -0.4 is 5.32 Å². The molecule has 17 heavy (non-hydrogen) atoms. The molecule has 1 heterocycles. The predicted molar refractivity (Wildman–Crippen MR) is 71.4 cm³/mol. The Hall–Kier alpha value is -0.450. The topological polar surface area (TPSA) is 15.3 Å². The molecule has 2 nitrogen and oxygen atoms in total. The molecule has 1 aromatic carbocycles. The Balaban J connectivity index is 2.06. The van der Waals surface area contributed by atoms with Crippen LogP contribution in [0.15, 0.2) is 22.7 Å². The molecule has 0 bridgehead atoms. The van der Waals surface area contributed by atoms with Crippen molar-refractivity contribution in [3.05, 3.63) is 34.1 Å². The van der Waals surface area contributed by atoms with Gasteiger partial charge in [0.15, 0.2) is 0 Å². The Kier molecular flexibility index (Phi) is 4.17. The molecule has 1 N–H and O–H groups in total. The summed E-state index contributed by atoms with van der Waals surface area (Å²) in [7, 11) is 0. The lowest BCUT2D eigenvalue weighted by atomic mass is 10.1. The van der Waals surface area contributed by atoms with E-state index >= 15 is 0 Å². The van der Waals surface area contributed by atoms with Gasteiger partial charge in [0.05, 0.1) is 4.47 Å². The quantitative estimate of drug-likeness (QED) is 0.903. The summed E-state index contributed by atoms with van der Waals surface area (Å²) in [5, 5.41) is 3.44. The van der Waals surface area contributed by atoms with Gasteiger partial charge in [0, 0.05) is 31.7 Å². The number of rotatable bonds is 2. The average molecular weight is 301 g/mol. The molecule has 0 amide bonds. The highest BCUT2D eigenvalue weighted by Gasteiger charge is 2.22. The smallest absolute Gasteiger partial charge is 0.137 e. The minimum atomic E-state index is -0.182. The zero-order valence-electron chi connectivity index (χ0n) is 10.2. The molecule has 1 aliphatic heterocycles. The summed E-state index contributed by atoms with van der Waals surface area (Å²) >= 11 is 3.18. The van der Waals surface area contributed by atoms with E-state index in [1.54, 1.807) is 12.1 Å². The van der Waals surface area contributed by atoms with Gasteiger partial charge in [0.2, 0.25) is 0 Å². The molecule has 2 rings (SSSR count). The average Bonchev–Trinajstić information content (AvgIpc) is 2.29. The number of halogens is 2. The summed E-state index contributed by atoms with van der Waals surface area (Å²) in [5.74, 6) is -0.182. The van der Waals surface area contributed by atoms with Crippen LogP contribution in [0.25, 0.3) is 0 Å². The molecule has 0 radical (unpaired) electrons. The number of piperazine rings is 1. The van der Waals surface area contributed by atoms with Gasteiger partial charge in [-0.25, -0.2) is 4.39 Å². The number of nitrogens with zero attached hydrogens (tertiary/aromatic N) is 1. The fourth-order valence-electron chi connectivity index (χ4n) is 2.19. The third-order valence-electron chi connectivity index (χ3n) is 3.26. The van der Waals surface area contributed by atoms with Gasteiger partial charge < -0.3 is 5.32 Å². The van der Waals surface area contributed by atoms with Gasteiger partial charge in [-0.15, -0.1) is 0 Å². The van der Waals surface area contributed by atoms with Gasteiger partial charge >= 0.3 is 0 Å². The molecule has 1 saturated heterocycles. The predicted octanol–water partition coefficient (Wildman–Crippen LogP) is 2.77. The van der Waals surface area contributed by atoms with Gasteiger partial charge in [-0.3, -0.25) is 4.90 Å². The van der Waals surface area contributed by atoms with Crippen LogP contribution in [0.5, 0.6) is 0 Å². The fourth-order valence-corrected chi connectivity index (χ4v) is 2.44. The fraction of sp³-hybridized carbons (Fsp3) is 0.538. The van der Waals surface area contributed by atoms with Crippen LogP contribution in [-0.2, 0) is 6.54 Å². The van der Waals surface area contributed by atoms with E-state index in [-0.39, 0.29) is 5.82 Å². The molecule has 2 atom stereocenters. The van der Waals surface area contributed by atoms with Crippen LogP contribution in [0.4, 0.5) is 4.39 Å². The van der Waals surface area contributed by atoms with Crippen molar-refractivity contribution in [3.8, 4) is 0 Å². The highest BCUT2D eigenvalue weighted by molar-refractivity contribution is 9.10. The normalized spacial score (nSPS) is 26.1. The molecule has 4 heteroatoms. The van der Waals surface area contributed by atoms with Crippen LogP contribution in [0.2, 0.25) is 0 Å². The maximum Gasteiger partial charge on any atom is 0.137 e. The Labute approximate surface area is 110 Å². The van der Waals surface area contributed by atoms with Gasteiger partial charge in [0.1, 0.15) is 5.82 Å². The lowest BCUT2D eigenvalue weighted by Gasteiger charge is -2.37. The Morgan fingerprint density at radius 2 is 2.24 bits per heavy atom. The summed E-state index contributed by atoms with van der Waals surface area (Å²) in [5.41, 5.74) is 1.03. The van der Waals surface area contributed by atoms with Crippen molar-refractivity contribution < 1.29 is 4.39 Å². The Morgan fingerprint density at radius 3 is 2.94 bits per heavy atom. The highest BCUT2D eigenvalue weighted by atomic mass is 79.9. The zero-order chi connectivity index (χ0) is 12.4. The van der Waals surface area contributed by atoms with E-state index in [1.165, 1.54) is 0 Å². The van der Waals surface area contributed by atoms with Gasteiger partial charge in [-0.05, 0) is 47.5 Å². The Morgan fingerprint density at radius 1 is 1.47 bits per heavy atom. The first-order valence-corrected chi connectivity index (χ1v) is 6.77. The van der Waals surface area contributed by atoms with Crippen molar-refractivity contribution >= 4 is 15.9 Å². The number of nitrogens with one attached hydrogen (secondary N) is 1. The second kappa shape index (κ2) is 5.46. The van der Waals surface area contributed by atoms with Crippen LogP contribution in [0, 0.1) is 5.82 Å². The molecule has 2 unspecified atom stereocenters. The van der Waals surface area contributed by atoms with Crippen molar-refractivity contribution in [2.75, 3.05) is 13.1 Å². The maximum absolute atomic E-state index is 13.4. The molecule has 1 aliphatic rings. The standard InChI is InChI=1S/C13H18BrFN2/c1-9-7-17(10(2)6-16-9)8-11-3-4-12(14)13(15)5-11/h3-5,9-10,16H,6-8H2,1-2H3. The van der Waals surface area contributed by atoms with E-state index in [0.29, 0.717) is 16.6 Å². The van der Waals surface area contributed by atoms with E-state index in [1.807, 2.05) is 6.07 Å². The van der Waals surface area contributed by atoms with Crippen molar-refractivity contribution in [2.24, 2.45) is 0 Å². The van der Waals surface area contributed by atoms with Crippen molar-refractivity contribution in [2.45, 2.75) is 32.5 Å². The van der Waals surface area contributed by atoms with Crippen LogP contribution in [-0.4, -0.2) is 30.1 Å². The summed E-state index contributed by atoms with van der Waals surface area (Å²) in [6.45, 7) is 7.21. The minimum absolute atomic E-state index is 0.182. The van der Waals surface area contributed by atoms with Gasteiger partial charge in [0.25, 0.3) is 0 Å². The molecule has 94 valence electrons. The first kappa shape index (κ1) is 13.0. The van der Waals surface area contributed by atoms with Crippen molar-refractivity contribution in [1.29, 1.82) is 0 Å². The molecular weight excluding hydrogens is 283 g/mol. The lowest BCUT2D eigenvalue weighted by Crippen LogP contribution is -2.53.